The van der Waals surface area contributed by atoms with Crippen LogP contribution in [0.15, 0.2) is 25.3 Å². The quantitative estimate of drug-likeness (QED) is 0.595. The van der Waals surface area contributed by atoms with Crippen LogP contribution in [0.5, 0.6) is 0 Å². The van der Waals surface area contributed by atoms with Gasteiger partial charge in [0.05, 0.1) is 0 Å². The van der Waals surface area contributed by atoms with Crippen LogP contribution in [0, 0.1) is 0 Å². The predicted octanol–water partition coefficient (Wildman–Crippen LogP) is 2.99. The van der Waals surface area contributed by atoms with Crippen LogP contribution in [-0.4, -0.2) is 15.7 Å². The molecule has 0 spiro atoms. The monoisotopic (exact) mass is 255 g/mol. The van der Waals surface area contributed by atoms with Crippen LogP contribution in [0.4, 0.5) is 0 Å². The molecule has 0 aliphatic carbocycles. The Morgan fingerprint density at radius 1 is 1.43 bits per heavy atom. The molecule has 0 radical (unpaired) electrons. The summed E-state index contributed by atoms with van der Waals surface area (Å²) in [6.45, 7) is 7.14. The highest BCUT2D eigenvalue weighted by atomic mass is 35.6. The zero-order valence-electron chi connectivity index (χ0n) is 7.60. The second-order valence-electron chi connectivity index (χ2n) is 2.68. The fraction of sp³-hybridized carbons (Fsp3) is 0.444. The van der Waals surface area contributed by atoms with Crippen molar-refractivity contribution in [1.29, 1.82) is 0 Å². The minimum absolute atomic E-state index is 0.198. The van der Waals surface area contributed by atoms with E-state index in [1.165, 1.54) is 0 Å². The van der Waals surface area contributed by atoms with Crippen molar-refractivity contribution in [2.75, 3.05) is 0 Å². The predicted molar refractivity (Wildman–Crippen MR) is 61.8 cm³/mol. The van der Waals surface area contributed by atoms with E-state index >= 15 is 0 Å². The lowest BCUT2D eigenvalue weighted by Crippen LogP contribution is -2.40. The molecular formula is C9H12Cl3NO. The number of hydrogen-bond acceptors (Lipinski definition) is 1. The number of halogens is 3. The first-order valence-electron chi connectivity index (χ1n) is 4.03. The molecule has 1 unspecified atom stereocenters. The summed E-state index contributed by atoms with van der Waals surface area (Å²) in [4.78, 5) is 11.2. The maximum absolute atomic E-state index is 11.2. The summed E-state index contributed by atoms with van der Waals surface area (Å²) in [6.07, 6.45) is 4.80. The molecule has 0 saturated heterocycles. The van der Waals surface area contributed by atoms with Gasteiger partial charge in [0.2, 0.25) is 0 Å². The topological polar surface area (TPSA) is 29.1 Å². The fourth-order valence-corrected chi connectivity index (χ4v) is 0.960. The van der Waals surface area contributed by atoms with Crippen molar-refractivity contribution in [2.45, 2.75) is 22.7 Å². The van der Waals surface area contributed by atoms with Crippen LogP contribution in [0.2, 0.25) is 0 Å². The molecule has 0 aromatic heterocycles. The summed E-state index contributed by atoms with van der Waals surface area (Å²) < 4.78 is -1.92. The lowest BCUT2D eigenvalue weighted by Gasteiger charge is -2.17. The Morgan fingerprint density at radius 3 is 2.36 bits per heavy atom. The van der Waals surface area contributed by atoms with E-state index in [2.05, 4.69) is 18.5 Å². The van der Waals surface area contributed by atoms with Gasteiger partial charge in [-0.2, -0.15) is 0 Å². The van der Waals surface area contributed by atoms with Gasteiger partial charge >= 0.3 is 0 Å². The number of rotatable bonds is 5. The molecule has 0 heterocycles. The third-order valence-corrected chi connectivity index (χ3v) is 2.06. The number of alkyl halides is 3. The van der Waals surface area contributed by atoms with Crippen LogP contribution in [0.3, 0.4) is 0 Å². The molecule has 0 aliphatic rings. The summed E-state index contributed by atoms with van der Waals surface area (Å²) in [5.41, 5.74) is 0. The van der Waals surface area contributed by atoms with Gasteiger partial charge in [0, 0.05) is 6.04 Å². The highest BCUT2D eigenvalue weighted by molar-refractivity contribution is 6.76. The minimum Gasteiger partial charge on any atom is -0.346 e. The highest BCUT2D eigenvalue weighted by Crippen LogP contribution is 2.26. The third kappa shape index (κ3) is 5.53. The average Bonchev–Trinajstić information content (AvgIpc) is 2.10. The van der Waals surface area contributed by atoms with Gasteiger partial charge in [-0.15, -0.1) is 13.2 Å². The Bertz CT molecular complexity index is 223. The Morgan fingerprint density at radius 2 is 2.00 bits per heavy atom. The van der Waals surface area contributed by atoms with Gasteiger partial charge < -0.3 is 5.32 Å². The lowest BCUT2D eigenvalue weighted by atomic mass is 10.1. The van der Waals surface area contributed by atoms with Crippen molar-refractivity contribution in [1.82, 2.24) is 5.32 Å². The summed E-state index contributed by atoms with van der Waals surface area (Å²) in [7, 11) is 0. The maximum atomic E-state index is 11.2. The number of hydrogen-bond donors (Lipinski definition) is 1. The van der Waals surface area contributed by atoms with Gasteiger partial charge in [-0.25, -0.2) is 0 Å². The second kappa shape index (κ2) is 6.33. The first-order chi connectivity index (χ1) is 6.41. The van der Waals surface area contributed by atoms with E-state index in [1.54, 1.807) is 12.2 Å². The van der Waals surface area contributed by atoms with Crippen molar-refractivity contribution >= 4 is 40.7 Å². The lowest BCUT2D eigenvalue weighted by molar-refractivity contribution is -0.120. The van der Waals surface area contributed by atoms with E-state index in [1.807, 2.05) is 0 Å². The molecule has 80 valence electrons. The van der Waals surface area contributed by atoms with Gasteiger partial charge in [0.15, 0.2) is 0 Å². The fourth-order valence-electron chi connectivity index (χ4n) is 0.797. The standard InChI is InChI=1S/C9H12Cl3NO/c1-3-5-6-7(4-2)13-8(14)9(10,11)12/h3-4,7H,1-2,5-6H2,(H,13,14). The largest absolute Gasteiger partial charge is 0.346 e. The Kier molecular flexibility index (Phi) is 6.25. The zero-order valence-corrected chi connectivity index (χ0v) is 9.87. The molecule has 0 fully saturated rings. The van der Waals surface area contributed by atoms with Gasteiger partial charge in [0.1, 0.15) is 0 Å². The molecule has 0 aliphatic heterocycles. The Hall–Kier alpha value is -0.180. The zero-order chi connectivity index (χ0) is 11.2. The van der Waals surface area contributed by atoms with Gasteiger partial charge in [-0.3, -0.25) is 4.79 Å². The SMILES string of the molecule is C=CCCC(C=C)NC(=O)C(Cl)(Cl)Cl. The second-order valence-corrected chi connectivity index (χ2v) is 4.96. The van der Waals surface area contributed by atoms with E-state index < -0.39 is 9.70 Å². The van der Waals surface area contributed by atoms with E-state index in [0.29, 0.717) is 6.42 Å². The van der Waals surface area contributed by atoms with E-state index in [4.69, 9.17) is 34.8 Å². The molecule has 1 N–H and O–H groups in total. The summed E-state index contributed by atoms with van der Waals surface area (Å²) in [6, 6.07) is -0.198. The Labute approximate surface area is 98.9 Å². The molecule has 0 aromatic rings. The smallest absolute Gasteiger partial charge is 0.272 e. The molecule has 1 amide bonds. The van der Waals surface area contributed by atoms with Crippen molar-refractivity contribution in [3.05, 3.63) is 25.3 Å². The van der Waals surface area contributed by atoms with Crippen LogP contribution in [-0.2, 0) is 4.79 Å². The molecule has 5 heteroatoms. The van der Waals surface area contributed by atoms with E-state index in [9.17, 15) is 4.79 Å². The average molecular weight is 257 g/mol. The van der Waals surface area contributed by atoms with E-state index in [0.717, 1.165) is 6.42 Å². The molecule has 0 aromatic carbocycles. The number of carbonyl (C=O) groups is 1. The molecule has 0 rings (SSSR count). The van der Waals surface area contributed by atoms with Crippen molar-refractivity contribution < 1.29 is 4.79 Å². The van der Waals surface area contributed by atoms with Crippen LogP contribution in [0.25, 0.3) is 0 Å². The third-order valence-electron chi connectivity index (χ3n) is 1.54. The summed E-state index contributed by atoms with van der Waals surface area (Å²) >= 11 is 16.1. The first-order valence-corrected chi connectivity index (χ1v) is 5.16. The number of nitrogens with one attached hydrogen (secondary N) is 1. The van der Waals surface area contributed by atoms with Crippen LogP contribution < -0.4 is 5.32 Å². The number of carbonyl (C=O) groups excluding carboxylic acids is 1. The molecule has 2 nitrogen and oxygen atoms in total. The summed E-state index contributed by atoms with van der Waals surface area (Å²) in [5, 5.41) is 2.54. The number of allylic oxidation sites excluding steroid dienone is 1. The minimum atomic E-state index is -1.92. The van der Waals surface area contributed by atoms with Gasteiger partial charge in [-0.05, 0) is 12.8 Å². The molecule has 1 atom stereocenters. The highest BCUT2D eigenvalue weighted by Gasteiger charge is 2.31. The van der Waals surface area contributed by atoms with Gasteiger partial charge in [-0.1, -0.05) is 47.0 Å². The molecule has 0 saturated carbocycles. The van der Waals surface area contributed by atoms with Crippen molar-refractivity contribution in [2.24, 2.45) is 0 Å². The van der Waals surface area contributed by atoms with Crippen LogP contribution >= 0.6 is 34.8 Å². The Balaban J connectivity index is 4.11. The number of amides is 1. The molecular weight excluding hydrogens is 244 g/mol. The van der Waals surface area contributed by atoms with Crippen LogP contribution in [0.1, 0.15) is 12.8 Å². The van der Waals surface area contributed by atoms with E-state index in [-0.39, 0.29) is 6.04 Å². The molecule has 14 heavy (non-hydrogen) atoms. The summed E-state index contributed by atoms with van der Waals surface area (Å²) in [5.74, 6) is -0.642. The van der Waals surface area contributed by atoms with Gasteiger partial charge in [0.25, 0.3) is 9.70 Å². The first kappa shape index (κ1) is 13.8. The molecule has 0 bridgehead atoms. The maximum Gasteiger partial charge on any atom is 0.272 e. The normalized spacial score (nSPS) is 13.1. The van der Waals surface area contributed by atoms with Crippen molar-refractivity contribution in [3.8, 4) is 0 Å². The van der Waals surface area contributed by atoms with Crippen molar-refractivity contribution in [3.63, 3.8) is 0 Å².